The van der Waals surface area contributed by atoms with Gasteiger partial charge >= 0.3 is 0 Å². The maximum absolute atomic E-state index is 9.12. The molecular weight excluding hydrogens is 136 g/mol. The highest BCUT2D eigenvalue weighted by Crippen LogP contribution is 2.22. The number of aliphatic hydroxyl groups excluding tert-OH is 2. The Morgan fingerprint density at radius 1 is 1.50 bits per heavy atom. The van der Waals surface area contributed by atoms with Gasteiger partial charge in [-0.25, -0.2) is 0 Å². The largest absolute Gasteiger partial charge is 0.393 e. The van der Waals surface area contributed by atoms with Gasteiger partial charge < -0.3 is 19.7 Å². The monoisotopic (exact) mass is 148 g/mol. The molecule has 4 heteroatoms. The van der Waals surface area contributed by atoms with E-state index < -0.39 is 11.9 Å². The van der Waals surface area contributed by atoms with E-state index in [-0.39, 0.29) is 6.61 Å². The van der Waals surface area contributed by atoms with Gasteiger partial charge in [-0.3, -0.25) is 0 Å². The quantitative estimate of drug-likeness (QED) is 0.533. The summed E-state index contributed by atoms with van der Waals surface area (Å²) in [7, 11) is 0. The molecule has 1 aliphatic heterocycles. The van der Waals surface area contributed by atoms with Gasteiger partial charge in [-0.15, -0.1) is 0 Å². The van der Waals surface area contributed by atoms with Gasteiger partial charge in [0.1, 0.15) is 6.10 Å². The molecule has 4 nitrogen and oxygen atoms in total. The van der Waals surface area contributed by atoms with Crippen LogP contribution in [0.1, 0.15) is 6.92 Å². The van der Waals surface area contributed by atoms with E-state index in [4.69, 9.17) is 19.7 Å². The van der Waals surface area contributed by atoms with Crippen LogP contribution in [0.4, 0.5) is 0 Å². The van der Waals surface area contributed by atoms with E-state index in [0.717, 1.165) is 0 Å². The van der Waals surface area contributed by atoms with E-state index in [2.05, 4.69) is 0 Å². The summed E-state index contributed by atoms with van der Waals surface area (Å²) in [6.07, 6.45) is -0.949. The molecule has 10 heavy (non-hydrogen) atoms. The minimum atomic E-state index is -0.991. The summed E-state index contributed by atoms with van der Waals surface area (Å²) >= 11 is 0. The molecule has 1 rings (SSSR count). The Kier molecular flexibility index (Phi) is 2.25. The number of rotatable bonds is 2. The van der Waals surface area contributed by atoms with E-state index in [1.165, 1.54) is 0 Å². The van der Waals surface area contributed by atoms with Crippen LogP contribution in [0, 0.1) is 0 Å². The Bertz CT molecular complexity index is 108. The first-order chi connectivity index (χ1) is 4.69. The standard InChI is InChI=1S/C6H12O4/c1-6(5(8)4-7)9-2-3-10-6/h5,7-8H,2-4H2,1H3. The van der Waals surface area contributed by atoms with E-state index in [1.807, 2.05) is 0 Å². The summed E-state index contributed by atoms with van der Waals surface area (Å²) in [6, 6.07) is 0. The minimum Gasteiger partial charge on any atom is -0.393 e. The molecule has 0 aromatic heterocycles. The summed E-state index contributed by atoms with van der Waals surface area (Å²) in [5.74, 6) is -0.991. The Hall–Kier alpha value is -0.160. The van der Waals surface area contributed by atoms with Crippen LogP contribution in [-0.4, -0.2) is 41.9 Å². The maximum atomic E-state index is 9.12. The molecule has 2 N–H and O–H groups in total. The third-order valence-corrected chi connectivity index (χ3v) is 1.64. The van der Waals surface area contributed by atoms with Crippen molar-refractivity contribution in [2.24, 2.45) is 0 Å². The summed E-state index contributed by atoms with van der Waals surface area (Å²) in [6.45, 7) is 2.23. The van der Waals surface area contributed by atoms with Crippen molar-refractivity contribution in [2.45, 2.75) is 18.8 Å². The second-order valence-electron chi connectivity index (χ2n) is 2.41. The fourth-order valence-corrected chi connectivity index (χ4v) is 0.889. The van der Waals surface area contributed by atoms with Crippen LogP contribution in [0.2, 0.25) is 0 Å². The summed E-state index contributed by atoms with van der Waals surface area (Å²) in [5.41, 5.74) is 0. The summed E-state index contributed by atoms with van der Waals surface area (Å²) in [4.78, 5) is 0. The molecule has 1 fully saturated rings. The van der Waals surface area contributed by atoms with Crippen LogP contribution in [0.25, 0.3) is 0 Å². The lowest BCUT2D eigenvalue weighted by Crippen LogP contribution is -2.42. The molecule has 1 unspecified atom stereocenters. The average molecular weight is 148 g/mol. The van der Waals surface area contributed by atoms with E-state index in [1.54, 1.807) is 6.92 Å². The molecule has 0 saturated carbocycles. The van der Waals surface area contributed by atoms with Crippen molar-refractivity contribution in [3.8, 4) is 0 Å². The Morgan fingerprint density at radius 3 is 2.40 bits per heavy atom. The first kappa shape index (κ1) is 7.94. The molecule has 1 atom stereocenters. The lowest BCUT2D eigenvalue weighted by molar-refractivity contribution is -0.215. The van der Waals surface area contributed by atoms with Crippen molar-refractivity contribution in [2.75, 3.05) is 19.8 Å². The molecule has 0 spiro atoms. The number of aliphatic hydroxyl groups is 2. The topological polar surface area (TPSA) is 58.9 Å². The molecule has 1 aliphatic rings. The Morgan fingerprint density at radius 2 is 2.00 bits per heavy atom. The minimum absolute atomic E-state index is 0.337. The molecule has 0 aliphatic carbocycles. The summed E-state index contributed by atoms with van der Waals surface area (Å²) < 4.78 is 10.1. The highest BCUT2D eigenvalue weighted by Gasteiger charge is 2.38. The van der Waals surface area contributed by atoms with Gasteiger partial charge in [0.15, 0.2) is 5.79 Å². The molecule has 0 aromatic carbocycles. The second-order valence-corrected chi connectivity index (χ2v) is 2.41. The number of hydrogen-bond donors (Lipinski definition) is 2. The molecule has 0 bridgehead atoms. The Labute approximate surface area is 59.4 Å². The van der Waals surface area contributed by atoms with Crippen LogP contribution >= 0.6 is 0 Å². The van der Waals surface area contributed by atoms with E-state index in [0.29, 0.717) is 13.2 Å². The van der Waals surface area contributed by atoms with Gasteiger partial charge in [-0.2, -0.15) is 0 Å². The normalized spacial score (nSPS) is 26.7. The third-order valence-electron chi connectivity index (χ3n) is 1.64. The predicted octanol–water partition coefficient (Wildman–Crippen LogP) is -0.897. The molecule has 1 heterocycles. The molecule has 0 amide bonds. The predicted molar refractivity (Wildman–Crippen MR) is 33.4 cm³/mol. The van der Waals surface area contributed by atoms with Gasteiger partial charge in [0.25, 0.3) is 0 Å². The second kappa shape index (κ2) is 2.84. The van der Waals surface area contributed by atoms with Gasteiger partial charge in [0, 0.05) is 0 Å². The number of ether oxygens (including phenoxy) is 2. The van der Waals surface area contributed by atoms with Crippen LogP contribution in [0.3, 0.4) is 0 Å². The lowest BCUT2D eigenvalue weighted by atomic mass is 10.2. The molecule has 0 aromatic rings. The van der Waals surface area contributed by atoms with Crippen molar-refractivity contribution in [3.05, 3.63) is 0 Å². The maximum Gasteiger partial charge on any atom is 0.193 e. The fourth-order valence-electron chi connectivity index (χ4n) is 0.889. The lowest BCUT2D eigenvalue weighted by Gasteiger charge is -2.26. The molecule has 60 valence electrons. The highest BCUT2D eigenvalue weighted by molar-refractivity contribution is 4.76. The SMILES string of the molecule is CC1(C(O)CO)OCCO1. The first-order valence-corrected chi connectivity index (χ1v) is 3.26. The van der Waals surface area contributed by atoms with Crippen molar-refractivity contribution in [3.63, 3.8) is 0 Å². The Balaban J connectivity index is 2.49. The molecule has 1 saturated heterocycles. The van der Waals surface area contributed by atoms with Crippen LogP contribution in [0.15, 0.2) is 0 Å². The van der Waals surface area contributed by atoms with Crippen LogP contribution in [0.5, 0.6) is 0 Å². The zero-order chi connectivity index (χ0) is 7.61. The zero-order valence-electron chi connectivity index (χ0n) is 5.91. The van der Waals surface area contributed by atoms with Gasteiger partial charge in [0.2, 0.25) is 0 Å². The van der Waals surface area contributed by atoms with Crippen molar-refractivity contribution < 1.29 is 19.7 Å². The highest BCUT2D eigenvalue weighted by atomic mass is 16.7. The number of hydrogen-bond acceptors (Lipinski definition) is 4. The van der Waals surface area contributed by atoms with Crippen LogP contribution < -0.4 is 0 Å². The zero-order valence-corrected chi connectivity index (χ0v) is 5.91. The van der Waals surface area contributed by atoms with E-state index >= 15 is 0 Å². The molecular formula is C6H12O4. The van der Waals surface area contributed by atoms with Gasteiger partial charge in [0.05, 0.1) is 19.8 Å². The first-order valence-electron chi connectivity index (χ1n) is 3.26. The summed E-state index contributed by atoms with van der Waals surface area (Å²) in [5, 5.41) is 17.7. The molecule has 0 radical (unpaired) electrons. The average Bonchev–Trinajstić information content (AvgIpc) is 2.36. The van der Waals surface area contributed by atoms with Crippen molar-refractivity contribution in [1.82, 2.24) is 0 Å². The van der Waals surface area contributed by atoms with Gasteiger partial charge in [-0.1, -0.05) is 0 Å². The van der Waals surface area contributed by atoms with E-state index in [9.17, 15) is 0 Å². The van der Waals surface area contributed by atoms with Gasteiger partial charge in [-0.05, 0) is 6.92 Å². The smallest absolute Gasteiger partial charge is 0.193 e. The third kappa shape index (κ3) is 1.29. The van der Waals surface area contributed by atoms with Crippen LogP contribution in [-0.2, 0) is 9.47 Å². The fraction of sp³-hybridized carbons (Fsp3) is 1.00. The van der Waals surface area contributed by atoms with Crippen molar-refractivity contribution >= 4 is 0 Å². The van der Waals surface area contributed by atoms with Crippen molar-refractivity contribution in [1.29, 1.82) is 0 Å².